The molecule has 1 fully saturated rings. The summed E-state index contributed by atoms with van der Waals surface area (Å²) >= 11 is 0. The molecule has 2 amide bonds. The lowest BCUT2D eigenvalue weighted by molar-refractivity contribution is -0.146. The maximum atomic E-state index is 13.1. The number of amides is 2. The van der Waals surface area contributed by atoms with E-state index in [-0.39, 0.29) is 11.8 Å². The Bertz CT molecular complexity index is 875. The summed E-state index contributed by atoms with van der Waals surface area (Å²) in [5, 5.41) is 2.87. The average molecular weight is 396 g/mol. The number of rotatable bonds is 5. The Morgan fingerprint density at radius 2 is 1.83 bits per heavy atom. The maximum absolute atomic E-state index is 13.1. The van der Waals surface area contributed by atoms with Gasteiger partial charge in [-0.25, -0.2) is 4.98 Å². The van der Waals surface area contributed by atoms with Gasteiger partial charge in [0.05, 0.1) is 12.8 Å². The number of hydrogen-bond donors (Lipinski definition) is 1. The quantitative estimate of drug-likeness (QED) is 0.787. The Kier molecular flexibility index (Phi) is 6.06. The van der Waals surface area contributed by atoms with E-state index in [1.807, 2.05) is 37.3 Å². The van der Waals surface area contributed by atoms with Crippen LogP contribution in [0.2, 0.25) is 0 Å². The minimum atomic E-state index is -1.19. The van der Waals surface area contributed by atoms with Crippen molar-refractivity contribution in [3.8, 4) is 5.75 Å². The first-order valence-corrected chi connectivity index (χ1v) is 9.74. The minimum Gasteiger partial charge on any atom is -0.495 e. The van der Waals surface area contributed by atoms with E-state index in [9.17, 15) is 9.59 Å². The van der Waals surface area contributed by atoms with E-state index in [2.05, 4.69) is 15.2 Å². The third-order valence-electron chi connectivity index (χ3n) is 5.25. The largest absolute Gasteiger partial charge is 0.495 e. The van der Waals surface area contributed by atoms with Crippen molar-refractivity contribution in [3.63, 3.8) is 0 Å². The van der Waals surface area contributed by atoms with Gasteiger partial charge in [0.2, 0.25) is 11.8 Å². The number of ether oxygens (including phenoxy) is 1. The standard InChI is InChI=1S/C22H28N4O3/c1-16-8-9-18(29-4)17(15-16)24-20(27)22(2,3)21(28)26-13-11-25(12-14-26)19-7-5-6-10-23-19/h5-10,15H,11-14H2,1-4H3,(H,24,27). The zero-order valence-electron chi connectivity index (χ0n) is 17.4. The molecule has 3 rings (SSSR count). The lowest BCUT2D eigenvalue weighted by atomic mass is 9.89. The second kappa shape index (κ2) is 8.51. The molecule has 0 aliphatic carbocycles. The SMILES string of the molecule is COc1ccc(C)cc1NC(=O)C(C)(C)C(=O)N1CCN(c2ccccn2)CC1. The first-order chi connectivity index (χ1) is 13.8. The van der Waals surface area contributed by atoms with Crippen LogP contribution < -0.4 is 15.0 Å². The molecule has 7 heteroatoms. The van der Waals surface area contributed by atoms with Gasteiger partial charge in [0, 0.05) is 32.4 Å². The van der Waals surface area contributed by atoms with Crippen LogP contribution in [-0.4, -0.2) is 55.0 Å². The van der Waals surface area contributed by atoms with Crippen LogP contribution in [0.5, 0.6) is 5.75 Å². The molecule has 0 saturated carbocycles. The smallest absolute Gasteiger partial charge is 0.239 e. The van der Waals surface area contributed by atoms with Gasteiger partial charge in [-0.1, -0.05) is 12.1 Å². The maximum Gasteiger partial charge on any atom is 0.239 e. The van der Waals surface area contributed by atoms with Gasteiger partial charge in [-0.3, -0.25) is 9.59 Å². The van der Waals surface area contributed by atoms with Crippen molar-refractivity contribution < 1.29 is 14.3 Å². The van der Waals surface area contributed by atoms with E-state index in [1.54, 1.807) is 38.1 Å². The summed E-state index contributed by atoms with van der Waals surface area (Å²) in [5.41, 5.74) is 0.372. The molecule has 1 saturated heterocycles. The van der Waals surface area contributed by atoms with Crippen molar-refractivity contribution >= 4 is 23.3 Å². The van der Waals surface area contributed by atoms with E-state index in [0.717, 1.165) is 11.4 Å². The molecule has 1 aliphatic heterocycles. The molecule has 1 aromatic heterocycles. The summed E-state index contributed by atoms with van der Waals surface area (Å²) < 4.78 is 5.32. The molecular weight excluding hydrogens is 368 g/mol. The van der Waals surface area contributed by atoms with E-state index >= 15 is 0 Å². The normalized spacial score (nSPS) is 14.5. The lowest BCUT2D eigenvalue weighted by Crippen LogP contribution is -2.54. The molecule has 0 spiro atoms. The number of aryl methyl sites for hydroxylation is 1. The van der Waals surface area contributed by atoms with Crippen LogP contribution in [0.4, 0.5) is 11.5 Å². The predicted octanol–water partition coefficient (Wildman–Crippen LogP) is 2.71. The van der Waals surface area contributed by atoms with Gasteiger partial charge < -0.3 is 19.9 Å². The second-order valence-electron chi connectivity index (χ2n) is 7.75. The van der Waals surface area contributed by atoms with Crippen LogP contribution >= 0.6 is 0 Å². The second-order valence-corrected chi connectivity index (χ2v) is 7.75. The summed E-state index contributed by atoms with van der Waals surface area (Å²) in [6.07, 6.45) is 1.76. The Labute approximate surface area is 171 Å². The van der Waals surface area contributed by atoms with Crippen molar-refractivity contribution in [2.45, 2.75) is 20.8 Å². The molecule has 29 heavy (non-hydrogen) atoms. The first-order valence-electron chi connectivity index (χ1n) is 9.74. The predicted molar refractivity (Wildman–Crippen MR) is 113 cm³/mol. The van der Waals surface area contributed by atoms with Crippen LogP contribution in [-0.2, 0) is 9.59 Å². The summed E-state index contributed by atoms with van der Waals surface area (Å²) in [7, 11) is 1.55. The summed E-state index contributed by atoms with van der Waals surface area (Å²) in [6.45, 7) is 7.75. The lowest BCUT2D eigenvalue weighted by Gasteiger charge is -2.38. The van der Waals surface area contributed by atoms with Gasteiger partial charge in [0.25, 0.3) is 0 Å². The van der Waals surface area contributed by atoms with Crippen molar-refractivity contribution in [1.29, 1.82) is 0 Å². The van der Waals surface area contributed by atoms with Crippen molar-refractivity contribution in [2.75, 3.05) is 43.5 Å². The molecular formula is C22H28N4O3. The molecule has 2 heterocycles. The van der Waals surface area contributed by atoms with Gasteiger partial charge in [0.1, 0.15) is 17.0 Å². The Balaban J connectivity index is 1.65. The Morgan fingerprint density at radius 3 is 2.45 bits per heavy atom. The fourth-order valence-electron chi connectivity index (χ4n) is 3.37. The van der Waals surface area contributed by atoms with E-state index < -0.39 is 5.41 Å². The number of carbonyl (C=O) groups excluding carboxylic acids is 2. The molecule has 0 unspecified atom stereocenters. The summed E-state index contributed by atoms with van der Waals surface area (Å²) in [5.74, 6) is 0.945. The molecule has 0 bridgehead atoms. The number of pyridine rings is 1. The van der Waals surface area contributed by atoms with Crippen molar-refractivity contribution in [3.05, 3.63) is 48.2 Å². The van der Waals surface area contributed by atoms with Crippen LogP contribution in [0.15, 0.2) is 42.6 Å². The third-order valence-corrected chi connectivity index (χ3v) is 5.25. The molecule has 0 radical (unpaired) electrons. The van der Waals surface area contributed by atoms with Gasteiger partial charge in [-0.05, 0) is 50.6 Å². The number of aromatic nitrogens is 1. The van der Waals surface area contributed by atoms with Crippen molar-refractivity contribution in [2.24, 2.45) is 5.41 Å². The molecule has 0 atom stereocenters. The molecule has 2 aromatic rings. The monoisotopic (exact) mass is 396 g/mol. The van der Waals surface area contributed by atoms with Gasteiger partial charge in [0.15, 0.2) is 0 Å². The number of nitrogens with zero attached hydrogens (tertiary/aromatic N) is 3. The number of anilines is 2. The number of carbonyl (C=O) groups is 2. The summed E-state index contributed by atoms with van der Waals surface area (Å²) in [4.78, 5) is 34.3. The molecule has 1 N–H and O–H groups in total. The fourth-order valence-corrected chi connectivity index (χ4v) is 3.37. The van der Waals surface area contributed by atoms with Crippen LogP contribution in [0, 0.1) is 12.3 Å². The number of methoxy groups -OCH3 is 1. The number of benzene rings is 1. The minimum absolute atomic E-state index is 0.178. The zero-order valence-corrected chi connectivity index (χ0v) is 17.4. The topological polar surface area (TPSA) is 74.8 Å². The highest BCUT2D eigenvalue weighted by atomic mass is 16.5. The van der Waals surface area contributed by atoms with Gasteiger partial charge in [-0.15, -0.1) is 0 Å². The molecule has 7 nitrogen and oxygen atoms in total. The van der Waals surface area contributed by atoms with Crippen LogP contribution in [0.3, 0.4) is 0 Å². The average Bonchev–Trinajstić information content (AvgIpc) is 2.74. The molecule has 1 aromatic carbocycles. The number of nitrogens with one attached hydrogen (secondary N) is 1. The zero-order chi connectivity index (χ0) is 21.0. The highest BCUT2D eigenvalue weighted by Crippen LogP contribution is 2.29. The van der Waals surface area contributed by atoms with E-state index in [1.165, 1.54) is 0 Å². The fraction of sp³-hybridized carbons (Fsp3) is 0.409. The van der Waals surface area contributed by atoms with E-state index in [0.29, 0.717) is 37.6 Å². The highest BCUT2D eigenvalue weighted by molar-refractivity contribution is 6.10. The summed E-state index contributed by atoms with van der Waals surface area (Å²) in [6, 6.07) is 11.3. The molecule has 1 aliphatic rings. The highest BCUT2D eigenvalue weighted by Gasteiger charge is 2.40. The van der Waals surface area contributed by atoms with Crippen LogP contribution in [0.1, 0.15) is 19.4 Å². The van der Waals surface area contributed by atoms with E-state index in [4.69, 9.17) is 4.74 Å². The first kappa shape index (κ1) is 20.6. The third kappa shape index (κ3) is 4.50. The van der Waals surface area contributed by atoms with Crippen LogP contribution in [0.25, 0.3) is 0 Å². The number of hydrogen-bond acceptors (Lipinski definition) is 5. The number of piperazine rings is 1. The molecule has 154 valence electrons. The van der Waals surface area contributed by atoms with Gasteiger partial charge >= 0.3 is 0 Å². The van der Waals surface area contributed by atoms with Gasteiger partial charge in [-0.2, -0.15) is 0 Å². The Hall–Kier alpha value is -3.09. The Morgan fingerprint density at radius 1 is 1.10 bits per heavy atom. The van der Waals surface area contributed by atoms with Crippen molar-refractivity contribution in [1.82, 2.24) is 9.88 Å².